The number of rotatable bonds is 3. The van der Waals surface area contributed by atoms with E-state index >= 15 is 0 Å². The zero-order chi connectivity index (χ0) is 16.4. The number of nitrogens with one attached hydrogen (secondary N) is 1. The fourth-order valence-electron chi connectivity index (χ4n) is 4.18. The van der Waals surface area contributed by atoms with Crippen LogP contribution in [0.2, 0.25) is 0 Å². The van der Waals surface area contributed by atoms with Gasteiger partial charge in [0.25, 0.3) is 0 Å². The molecule has 0 saturated carbocycles. The highest BCUT2D eigenvalue weighted by Gasteiger charge is 2.46. The lowest BCUT2D eigenvalue weighted by atomic mass is 9.73. The lowest BCUT2D eigenvalue weighted by Gasteiger charge is -2.48. The van der Waals surface area contributed by atoms with Crippen molar-refractivity contribution >= 4 is 11.7 Å². The second-order valence-corrected chi connectivity index (χ2v) is 7.42. The molecule has 0 unspecified atom stereocenters. The van der Waals surface area contributed by atoms with Crippen LogP contribution in [0.1, 0.15) is 20.3 Å². The maximum Gasteiger partial charge on any atom is 0.317 e. The molecular formula is C18H27N3O2. The quantitative estimate of drug-likeness (QED) is 0.895. The second-order valence-electron chi connectivity index (χ2n) is 7.42. The van der Waals surface area contributed by atoms with E-state index in [9.17, 15) is 4.79 Å². The van der Waals surface area contributed by atoms with Crippen LogP contribution < -0.4 is 10.2 Å². The number of aliphatic hydroxyl groups excluding tert-OH is 1. The molecule has 2 N–H and O–H groups in total. The molecule has 126 valence electrons. The number of piperidine rings is 1. The van der Waals surface area contributed by atoms with E-state index < -0.39 is 0 Å². The molecule has 1 aromatic carbocycles. The predicted octanol–water partition coefficient (Wildman–Crippen LogP) is 1.93. The van der Waals surface area contributed by atoms with Gasteiger partial charge in [-0.25, -0.2) is 4.79 Å². The normalized spacial score (nSPS) is 26.0. The van der Waals surface area contributed by atoms with Gasteiger partial charge in [-0.05, 0) is 29.9 Å². The van der Waals surface area contributed by atoms with Crippen molar-refractivity contribution in [2.75, 3.05) is 37.7 Å². The second kappa shape index (κ2) is 6.40. The summed E-state index contributed by atoms with van der Waals surface area (Å²) < 4.78 is 0. The molecule has 1 aromatic rings. The highest BCUT2D eigenvalue weighted by Crippen LogP contribution is 2.43. The van der Waals surface area contributed by atoms with Crippen molar-refractivity contribution in [2.24, 2.45) is 11.3 Å². The van der Waals surface area contributed by atoms with Crippen LogP contribution in [-0.2, 0) is 0 Å². The number of fused-ring (bicyclic) bond motifs is 4. The van der Waals surface area contributed by atoms with Gasteiger partial charge in [-0.1, -0.05) is 32.0 Å². The molecule has 3 aliphatic rings. The molecule has 23 heavy (non-hydrogen) atoms. The highest BCUT2D eigenvalue weighted by atomic mass is 16.3. The first kappa shape index (κ1) is 16.1. The zero-order valence-electron chi connectivity index (χ0n) is 14.0. The maximum atomic E-state index is 12.4. The minimum atomic E-state index is -0.0540. The molecule has 2 atom stereocenters. The molecule has 3 aliphatic heterocycles. The van der Waals surface area contributed by atoms with E-state index in [0.717, 1.165) is 26.1 Å². The van der Waals surface area contributed by atoms with E-state index in [2.05, 4.69) is 48.3 Å². The topological polar surface area (TPSA) is 55.8 Å². The third kappa shape index (κ3) is 3.29. The summed E-state index contributed by atoms with van der Waals surface area (Å²) in [4.78, 5) is 16.8. The van der Waals surface area contributed by atoms with Gasteiger partial charge in [0.2, 0.25) is 0 Å². The lowest BCUT2D eigenvalue weighted by Crippen LogP contribution is -2.54. The van der Waals surface area contributed by atoms with Gasteiger partial charge in [-0.2, -0.15) is 0 Å². The van der Waals surface area contributed by atoms with Crippen molar-refractivity contribution in [3.63, 3.8) is 0 Å². The first-order chi connectivity index (χ1) is 11.0. The summed E-state index contributed by atoms with van der Waals surface area (Å²) in [5.74, 6) is 0.476. The van der Waals surface area contributed by atoms with Gasteiger partial charge >= 0.3 is 6.03 Å². The fourth-order valence-corrected chi connectivity index (χ4v) is 4.18. The van der Waals surface area contributed by atoms with E-state index in [4.69, 9.17) is 5.11 Å². The predicted molar refractivity (Wildman–Crippen MR) is 91.5 cm³/mol. The van der Waals surface area contributed by atoms with Crippen LogP contribution in [0.3, 0.4) is 0 Å². The first-order valence-corrected chi connectivity index (χ1v) is 8.46. The van der Waals surface area contributed by atoms with E-state index in [1.54, 1.807) is 0 Å². The summed E-state index contributed by atoms with van der Waals surface area (Å²) in [6.45, 7) is 7.45. The smallest absolute Gasteiger partial charge is 0.317 e. The van der Waals surface area contributed by atoms with Gasteiger partial charge in [0.05, 0.1) is 12.6 Å². The van der Waals surface area contributed by atoms with E-state index in [-0.39, 0.29) is 18.1 Å². The third-order valence-corrected chi connectivity index (χ3v) is 5.18. The van der Waals surface area contributed by atoms with Crippen LogP contribution in [0.5, 0.6) is 0 Å². The SMILES string of the molecule is CC1(C)C[C@@H]2CN(C(=O)NCCO)C[C@H]1N(c1ccccc1)C2. The van der Waals surface area contributed by atoms with Crippen LogP contribution in [-0.4, -0.2) is 54.9 Å². The maximum absolute atomic E-state index is 12.4. The Morgan fingerprint density at radius 2 is 2.00 bits per heavy atom. The Labute approximate surface area is 138 Å². The highest BCUT2D eigenvalue weighted by molar-refractivity contribution is 5.74. The largest absolute Gasteiger partial charge is 0.395 e. The number of aliphatic hydroxyl groups is 1. The standard InChI is InChI=1S/C18H27N3O2/c1-18(2)10-14-11-20(17(23)19-8-9-22)13-16(18)21(12-14)15-6-4-3-5-7-15/h3-7,14,16,22H,8-13H2,1-2H3,(H,19,23)/t14-,16-/m1/s1. The molecular weight excluding hydrogens is 290 g/mol. The zero-order valence-corrected chi connectivity index (χ0v) is 14.0. The summed E-state index contributed by atoms with van der Waals surface area (Å²) >= 11 is 0. The minimum Gasteiger partial charge on any atom is -0.395 e. The molecule has 0 aliphatic carbocycles. The number of urea groups is 1. The van der Waals surface area contributed by atoms with Crippen molar-refractivity contribution in [3.05, 3.63) is 30.3 Å². The Kier molecular flexibility index (Phi) is 4.48. The van der Waals surface area contributed by atoms with E-state index in [1.165, 1.54) is 5.69 Å². The van der Waals surface area contributed by atoms with Crippen LogP contribution in [0.25, 0.3) is 0 Å². The number of carbonyl (C=O) groups is 1. The third-order valence-electron chi connectivity index (χ3n) is 5.18. The molecule has 0 spiro atoms. The van der Waals surface area contributed by atoms with Gasteiger partial charge in [-0.15, -0.1) is 0 Å². The molecule has 4 rings (SSSR count). The first-order valence-electron chi connectivity index (χ1n) is 8.46. The summed E-state index contributed by atoms with van der Waals surface area (Å²) in [5.41, 5.74) is 1.41. The Morgan fingerprint density at radius 1 is 1.26 bits per heavy atom. The summed E-state index contributed by atoms with van der Waals surface area (Å²) in [6.07, 6.45) is 1.14. The number of carbonyl (C=O) groups excluding carboxylic acids is 1. The van der Waals surface area contributed by atoms with Crippen molar-refractivity contribution < 1.29 is 9.90 Å². The summed E-state index contributed by atoms with van der Waals surface area (Å²) in [5, 5.41) is 11.7. The number of nitrogens with zero attached hydrogens (tertiary/aromatic N) is 2. The average molecular weight is 317 g/mol. The molecule has 5 heteroatoms. The van der Waals surface area contributed by atoms with Gasteiger partial charge < -0.3 is 20.2 Å². The molecule has 2 bridgehead atoms. The van der Waals surface area contributed by atoms with Gasteiger partial charge in [0.1, 0.15) is 0 Å². The average Bonchev–Trinajstić information content (AvgIpc) is 2.80. The van der Waals surface area contributed by atoms with Crippen LogP contribution in [0, 0.1) is 11.3 Å². The number of hydrogen-bond donors (Lipinski definition) is 2. The Morgan fingerprint density at radius 3 is 2.70 bits per heavy atom. The molecule has 3 fully saturated rings. The molecule has 3 heterocycles. The number of para-hydroxylation sites is 1. The van der Waals surface area contributed by atoms with Crippen molar-refractivity contribution in [3.8, 4) is 0 Å². The van der Waals surface area contributed by atoms with E-state index in [0.29, 0.717) is 18.5 Å². The molecule has 5 nitrogen and oxygen atoms in total. The summed E-state index contributed by atoms with van der Waals surface area (Å²) in [6, 6.07) is 10.8. The van der Waals surface area contributed by atoms with Gasteiger partial charge in [-0.3, -0.25) is 0 Å². The number of hydrogen-bond acceptors (Lipinski definition) is 3. The van der Waals surface area contributed by atoms with Gasteiger partial charge in [0.15, 0.2) is 0 Å². The van der Waals surface area contributed by atoms with Gasteiger partial charge in [0, 0.05) is 31.9 Å². The number of benzene rings is 1. The Hall–Kier alpha value is -1.75. The number of amides is 2. The van der Waals surface area contributed by atoms with Crippen LogP contribution in [0.4, 0.5) is 10.5 Å². The van der Waals surface area contributed by atoms with Crippen molar-refractivity contribution in [2.45, 2.75) is 26.3 Å². The van der Waals surface area contributed by atoms with Crippen LogP contribution in [0.15, 0.2) is 30.3 Å². The summed E-state index contributed by atoms with van der Waals surface area (Å²) in [7, 11) is 0. The Balaban J connectivity index is 1.84. The van der Waals surface area contributed by atoms with E-state index in [1.807, 2.05) is 11.0 Å². The van der Waals surface area contributed by atoms with Crippen molar-refractivity contribution in [1.82, 2.24) is 10.2 Å². The number of anilines is 1. The Bertz CT molecular complexity index is 546. The molecule has 2 amide bonds. The lowest BCUT2D eigenvalue weighted by molar-refractivity contribution is 0.185. The van der Waals surface area contributed by atoms with Crippen LogP contribution >= 0.6 is 0 Å². The fraction of sp³-hybridized carbons (Fsp3) is 0.611. The molecule has 3 saturated heterocycles. The molecule has 0 aromatic heterocycles. The molecule has 0 radical (unpaired) electrons. The monoisotopic (exact) mass is 317 g/mol. The van der Waals surface area contributed by atoms with Crippen molar-refractivity contribution in [1.29, 1.82) is 0 Å². The minimum absolute atomic E-state index is 0.0198.